The van der Waals surface area contributed by atoms with Gasteiger partial charge in [0.2, 0.25) is 0 Å². The Kier molecular flexibility index (Phi) is 6.12. The van der Waals surface area contributed by atoms with Gasteiger partial charge in [-0.2, -0.15) is 0 Å². The summed E-state index contributed by atoms with van der Waals surface area (Å²) in [7, 11) is 0. The third-order valence-electron chi connectivity index (χ3n) is 3.66. The van der Waals surface area contributed by atoms with Gasteiger partial charge in [-0.3, -0.25) is 9.80 Å². The van der Waals surface area contributed by atoms with E-state index in [9.17, 15) is 4.79 Å². The van der Waals surface area contributed by atoms with Crippen LogP contribution in [0.25, 0.3) is 0 Å². The molecular formula is C20H24N2O. The summed E-state index contributed by atoms with van der Waals surface area (Å²) < 4.78 is 0. The summed E-state index contributed by atoms with van der Waals surface area (Å²) in [6.07, 6.45) is 0. The van der Waals surface area contributed by atoms with E-state index in [4.69, 9.17) is 0 Å². The van der Waals surface area contributed by atoms with Crippen molar-refractivity contribution in [3.8, 4) is 0 Å². The summed E-state index contributed by atoms with van der Waals surface area (Å²) in [4.78, 5) is 12.5. The lowest BCUT2D eigenvalue weighted by Gasteiger charge is -2.34. The molecule has 0 radical (unpaired) electrons. The number of amides is 1. The minimum atomic E-state index is -0.0284. The van der Waals surface area contributed by atoms with Gasteiger partial charge in [0.25, 0.3) is 5.91 Å². The van der Waals surface area contributed by atoms with Crippen LogP contribution in [0.3, 0.4) is 0 Å². The molecule has 2 aromatic rings. The molecule has 0 saturated carbocycles. The number of hydrazine groups is 1. The molecule has 0 aliphatic rings. The van der Waals surface area contributed by atoms with Gasteiger partial charge in [-0.1, -0.05) is 67.2 Å². The van der Waals surface area contributed by atoms with Crippen LogP contribution in [0.5, 0.6) is 0 Å². The lowest BCUT2D eigenvalue weighted by atomic mass is 10.2. The lowest BCUT2D eigenvalue weighted by molar-refractivity contribution is -0.146. The molecule has 0 fully saturated rings. The molecule has 120 valence electrons. The Bertz CT molecular complexity index is 596. The molecule has 0 aliphatic heterocycles. The SMILES string of the molecule is C=C(C)C(=O)N(CC)N(Cc1ccccc1)Cc1ccccc1. The maximum Gasteiger partial charge on any atom is 0.263 e. The zero-order valence-corrected chi connectivity index (χ0v) is 13.9. The molecule has 0 bridgehead atoms. The molecule has 0 atom stereocenters. The molecular weight excluding hydrogens is 284 g/mol. The Labute approximate surface area is 138 Å². The first-order valence-electron chi connectivity index (χ1n) is 7.92. The normalized spacial score (nSPS) is 10.6. The molecule has 0 unspecified atom stereocenters. The van der Waals surface area contributed by atoms with Crippen LogP contribution in [0, 0.1) is 0 Å². The van der Waals surface area contributed by atoms with Crippen molar-refractivity contribution in [3.63, 3.8) is 0 Å². The van der Waals surface area contributed by atoms with Crippen LogP contribution >= 0.6 is 0 Å². The van der Waals surface area contributed by atoms with Crippen LogP contribution < -0.4 is 0 Å². The summed E-state index contributed by atoms with van der Waals surface area (Å²) in [5.74, 6) is -0.0284. The van der Waals surface area contributed by atoms with E-state index in [1.54, 1.807) is 11.9 Å². The third kappa shape index (κ3) is 4.80. The molecule has 0 aromatic heterocycles. The summed E-state index contributed by atoms with van der Waals surface area (Å²) in [5.41, 5.74) is 2.91. The highest BCUT2D eigenvalue weighted by atomic mass is 16.2. The number of nitrogens with zero attached hydrogens (tertiary/aromatic N) is 2. The molecule has 2 aromatic carbocycles. The number of rotatable bonds is 7. The fourth-order valence-corrected chi connectivity index (χ4v) is 2.51. The van der Waals surface area contributed by atoms with Crippen molar-refractivity contribution in [2.45, 2.75) is 26.9 Å². The van der Waals surface area contributed by atoms with Crippen molar-refractivity contribution < 1.29 is 4.79 Å². The fraction of sp³-hybridized carbons (Fsp3) is 0.250. The van der Waals surface area contributed by atoms with E-state index >= 15 is 0 Å². The Morgan fingerprint density at radius 3 is 1.70 bits per heavy atom. The van der Waals surface area contributed by atoms with Crippen LogP contribution in [0.4, 0.5) is 0 Å². The van der Waals surface area contributed by atoms with E-state index in [-0.39, 0.29) is 5.91 Å². The van der Waals surface area contributed by atoms with Gasteiger partial charge < -0.3 is 0 Å². The topological polar surface area (TPSA) is 23.6 Å². The Morgan fingerprint density at radius 1 is 0.913 bits per heavy atom. The van der Waals surface area contributed by atoms with Crippen molar-refractivity contribution in [2.24, 2.45) is 0 Å². The molecule has 3 heteroatoms. The quantitative estimate of drug-likeness (QED) is 0.569. The third-order valence-corrected chi connectivity index (χ3v) is 3.66. The zero-order chi connectivity index (χ0) is 16.7. The first-order valence-corrected chi connectivity index (χ1v) is 7.92. The molecule has 2 rings (SSSR count). The van der Waals surface area contributed by atoms with Crippen LogP contribution in [-0.4, -0.2) is 22.5 Å². The smallest absolute Gasteiger partial charge is 0.263 e. The molecule has 1 amide bonds. The van der Waals surface area contributed by atoms with Gasteiger partial charge in [0.15, 0.2) is 0 Å². The number of carbonyl (C=O) groups is 1. The minimum Gasteiger partial charge on any atom is -0.271 e. The van der Waals surface area contributed by atoms with Gasteiger partial charge in [0.05, 0.1) is 0 Å². The number of hydrogen-bond acceptors (Lipinski definition) is 2. The first kappa shape index (κ1) is 17.0. The van der Waals surface area contributed by atoms with Crippen molar-refractivity contribution in [1.29, 1.82) is 0 Å². The van der Waals surface area contributed by atoms with E-state index in [1.807, 2.05) is 43.3 Å². The second-order valence-electron chi connectivity index (χ2n) is 5.60. The molecule has 0 aliphatic carbocycles. The van der Waals surface area contributed by atoms with Gasteiger partial charge in [-0.25, -0.2) is 5.01 Å². The minimum absolute atomic E-state index is 0.0284. The zero-order valence-electron chi connectivity index (χ0n) is 13.9. The van der Waals surface area contributed by atoms with Crippen molar-refractivity contribution >= 4 is 5.91 Å². The second kappa shape index (κ2) is 8.30. The number of hydrogen-bond donors (Lipinski definition) is 0. The monoisotopic (exact) mass is 308 g/mol. The Morgan fingerprint density at radius 2 is 1.35 bits per heavy atom. The summed E-state index contributed by atoms with van der Waals surface area (Å²) in [5, 5.41) is 3.87. The Balaban J connectivity index is 2.25. The number of benzene rings is 2. The lowest BCUT2D eigenvalue weighted by Crippen LogP contribution is -2.45. The maximum atomic E-state index is 12.5. The summed E-state index contributed by atoms with van der Waals surface area (Å²) in [6, 6.07) is 20.4. The van der Waals surface area contributed by atoms with Crippen LogP contribution in [-0.2, 0) is 17.9 Å². The average Bonchev–Trinajstić information content (AvgIpc) is 2.57. The maximum absolute atomic E-state index is 12.5. The fourth-order valence-electron chi connectivity index (χ4n) is 2.51. The first-order chi connectivity index (χ1) is 11.1. The van der Waals surface area contributed by atoms with Crippen molar-refractivity contribution in [3.05, 3.63) is 83.9 Å². The van der Waals surface area contributed by atoms with Crippen molar-refractivity contribution in [1.82, 2.24) is 10.0 Å². The van der Waals surface area contributed by atoms with Crippen molar-refractivity contribution in [2.75, 3.05) is 6.54 Å². The summed E-state index contributed by atoms with van der Waals surface area (Å²) in [6.45, 7) is 9.53. The molecule has 0 heterocycles. The van der Waals surface area contributed by atoms with Gasteiger partial charge in [0.1, 0.15) is 0 Å². The van der Waals surface area contributed by atoms with E-state index in [0.29, 0.717) is 25.2 Å². The molecule has 0 spiro atoms. The van der Waals surface area contributed by atoms with E-state index in [0.717, 1.165) is 0 Å². The van der Waals surface area contributed by atoms with Gasteiger partial charge in [-0.15, -0.1) is 0 Å². The van der Waals surface area contributed by atoms with Crippen LogP contribution in [0.15, 0.2) is 72.8 Å². The van der Waals surface area contributed by atoms with Gasteiger partial charge in [0, 0.05) is 25.2 Å². The van der Waals surface area contributed by atoms with E-state index in [1.165, 1.54) is 11.1 Å². The highest BCUT2D eigenvalue weighted by molar-refractivity contribution is 5.91. The van der Waals surface area contributed by atoms with Crippen LogP contribution in [0.1, 0.15) is 25.0 Å². The van der Waals surface area contributed by atoms with E-state index in [2.05, 4.69) is 35.9 Å². The predicted octanol–water partition coefficient (Wildman–Crippen LogP) is 4.03. The largest absolute Gasteiger partial charge is 0.271 e. The highest BCUT2D eigenvalue weighted by Gasteiger charge is 2.20. The predicted molar refractivity (Wildman–Crippen MR) is 94.3 cm³/mol. The molecule has 3 nitrogen and oxygen atoms in total. The van der Waals surface area contributed by atoms with E-state index < -0.39 is 0 Å². The van der Waals surface area contributed by atoms with Gasteiger partial charge in [-0.05, 0) is 25.0 Å². The number of likely N-dealkylation sites (N-methyl/N-ethyl adjacent to an activating group) is 1. The molecule has 23 heavy (non-hydrogen) atoms. The average molecular weight is 308 g/mol. The summed E-state index contributed by atoms with van der Waals surface area (Å²) >= 11 is 0. The molecule has 0 saturated heterocycles. The number of carbonyl (C=O) groups excluding carboxylic acids is 1. The Hall–Kier alpha value is -2.39. The molecule has 0 N–H and O–H groups in total. The van der Waals surface area contributed by atoms with Crippen LogP contribution in [0.2, 0.25) is 0 Å². The van der Waals surface area contributed by atoms with Gasteiger partial charge >= 0.3 is 0 Å². The standard InChI is InChI=1S/C20H24N2O/c1-4-22(20(23)17(2)3)21(15-18-11-7-5-8-12-18)16-19-13-9-6-10-14-19/h5-14H,2,4,15-16H2,1,3H3. The highest BCUT2D eigenvalue weighted by Crippen LogP contribution is 2.14. The second-order valence-corrected chi connectivity index (χ2v) is 5.60.